The minimum atomic E-state index is 0.0310. The smallest absolute Gasteiger partial charge is 0.317 e. The highest BCUT2D eigenvalue weighted by molar-refractivity contribution is 9.10. The molecule has 12 heteroatoms. The summed E-state index contributed by atoms with van der Waals surface area (Å²) in [5, 5.41) is 3.57. The minimum Gasteiger partial charge on any atom is -0.454 e. The van der Waals surface area contributed by atoms with Crippen molar-refractivity contribution in [3.05, 3.63) is 22.9 Å². The Balaban J connectivity index is 1.25. The van der Waals surface area contributed by atoms with Crippen molar-refractivity contribution in [3.63, 3.8) is 0 Å². The van der Waals surface area contributed by atoms with Crippen LogP contribution >= 0.6 is 27.7 Å². The van der Waals surface area contributed by atoms with Gasteiger partial charge in [-0.3, -0.25) is 0 Å². The summed E-state index contributed by atoms with van der Waals surface area (Å²) in [5.74, 6) is 3.05. The highest BCUT2D eigenvalue weighted by atomic mass is 79.9. The van der Waals surface area contributed by atoms with E-state index in [0.717, 1.165) is 54.1 Å². The molecular formula is C23H28BrN7O3S. The third-order valence-electron chi connectivity index (χ3n) is 6.19. The number of aryl methyl sites for hydroxylation is 1. The van der Waals surface area contributed by atoms with E-state index in [4.69, 9.17) is 20.2 Å². The second-order valence-corrected chi connectivity index (χ2v) is 10.9. The molecule has 0 saturated carbocycles. The number of nitrogens with two attached hydrogens (primary N) is 1. The van der Waals surface area contributed by atoms with Crippen LogP contribution in [0, 0.1) is 5.92 Å². The summed E-state index contributed by atoms with van der Waals surface area (Å²) < 4.78 is 13.8. The first kappa shape index (κ1) is 24.0. The number of likely N-dealkylation sites (tertiary alicyclic amines) is 1. The van der Waals surface area contributed by atoms with Gasteiger partial charge in [-0.25, -0.2) is 19.7 Å². The number of nitrogens with zero attached hydrogens (tertiary/aromatic N) is 5. The van der Waals surface area contributed by atoms with Gasteiger partial charge in [-0.1, -0.05) is 0 Å². The molecule has 1 aromatic rings. The highest BCUT2D eigenvalue weighted by Gasteiger charge is 2.25. The molecule has 1 aromatic carbocycles. The Hall–Kier alpha value is -2.73. The molecule has 186 valence electrons. The van der Waals surface area contributed by atoms with Crippen LogP contribution in [0.4, 0.5) is 10.6 Å². The first-order valence-electron chi connectivity index (χ1n) is 11.7. The number of piperidine rings is 1. The van der Waals surface area contributed by atoms with E-state index in [1.807, 2.05) is 35.4 Å². The van der Waals surface area contributed by atoms with Crippen LogP contribution in [-0.2, 0) is 6.54 Å². The van der Waals surface area contributed by atoms with Gasteiger partial charge < -0.3 is 30.0 Å². The second kappa shape index (κ2) is 10.1. The number of imidazole rings is 1. The van der Waals surface area contributed by atoms with Crippen molar-refractivity contribution >= 4 is 39.5 Å². The Morgan fingerprint density at radius 2 is 2.00 bits per heavy atom. The average molecular weight is 562 g/mol. The van der Waals surface area contributed by atoms with Crippen LogP contribution in [0.1, 0.15) is 33.1 Å². The first-order valence-corrected chi connectivity index (χ1v) is 13.3. The molecule has 1 saturated heterocycles. The number of carbonyl (C=O) groups is 1. The van der Waals surface area contributed by atoms with Gasteiger partial charge in [0.15, 0.2) is 34.0 Å². The number of benzene rings is 1. The van der Waals surface area contributed by atoms with Crippen LogP contribution in [0.5, 0.6) is 11.5 Å². The normalized spacial score (nSPS) is 15.8. The van der Waals surface area contributed by atoms with Gasteiger partial charge in [0.2, 0.25) is 6.79 Å². The Labute approximate surface area is 216 Å². The fraction of sp³-hybridized carbons (Fsp3) is 0.478. The molecule has 5 rings (SSSR count). The number of hydrogen-bond acceptors (Lipinski definition) is 8. The van der Waals surface area contributed by atoms with Crippen LogP contribution in [0.15, 0.2) is 33.0 Å². The van der Waals surface area contributed by atoms with Crippen LogP contribution in [0.2, 0.25) is 0 Å². The third kappa shape index (κ3) is 5.27. The van der Waals surface area contributed by atoms with Crippen molar-refractivity contribution in [1.29, 1.82) is 0 Å². The largest absolute Gasteiger partial charge is 0.454 e. The Morgan fingerprint density at radius 1 is 1.26 bits per heavy atom. The Kier molecular flexibility index (Phi) is 6.92. The number of aromatic nitrogens is 4. The van der Waals surface area contributed by atoms with Crippen molar-refractivity contribution in [2.45, 2.75) is 55.7 Å². The van der Waals surface area contributed by atoms with Crippen molar-refractivity contribution in [2.75, 3.05) is 25.6 Å². The molecule has 3 N–H and O–H groups in total. The summed E-state index contributed by atoms with van der Waals surface area (Å²) in [5.41, 5.74) is 6.73. The fourth-order valence-electron chi connectivity index (χ4n) is 4.30. The summed E-state index contributed by atoms with van der Waals surface area (Å²) in [6.07, 6.45) is 4.70. The van der Waals surface area contributed by atoms with Gasteiger partial charge in [-0.05, 0) is 78.9 Å². The lowest BCUT2D eigenvalue weighted by Gasteiger charge is -2.32. The van der Waals surface area contributed by atoms with Crippen LogP contribution in [-0.4, -0.2) is 56.4 Å². The SMILES string of the molecule is CC(C)NC(=O)N1CCC(CCn2cnc(N)c3nc(Sc4cc5c(cc4Br)OCO5)nc2-3)CC1. The Bertz CT molecular complexity index is 1200. The summed E-state index contributed by atoms with van der Waals surface area (Å²) >= 11 is 5.02. The molecule has 0 radical (unpaired) electrons. The topological polar surface area (TPSA) is 120 Å². The van der Waals surface area contributed by atoms with Gasteiger partial charge in [-0.15, -0.1) is 0 Å². The zero-order valence-electron chi connectivity index (χ0n) is 19.7. The van der Waals surface area contributed by atoms with Crippen LogP contribution in [0.3, 0.4) is 0 Å². The van der Waals surface area contributed by atoms with E-state index in [2.05, 4.69) is 31.2 Å². The average Bonchev–Trinajstić information content (AvgIpc) is 3.46. The van der Waals surface area contributed by atoms with Crippen molar-refractivity contribution in [2.24, 2.45) is 5.92 Å². The maximum Gasteiger partial charge on any atom is 0.317 e. The van der Waals surface area contributed by atoms with E-state index < -0.39 is 0 Å². The second-order valence-electron chi connectivity index (χ2n) is 9.06. The highest BCUT2D eigenvalue weighted by Crippen LogP contribution is 2.43. The monoisotopic (exact) mass is 561 g/mol. The number of carbonyl (C=O) groups excluding carboxylic acids is 1. The number of fused-ring (bicyclic) bond motifs is 2. The van der Waals surface area contributed by atoms with E-state index >= 15 is 0 Å². The lowest BCUT2D eigenvalue weighted by molar-refractivity contribution is 0.164. The maximum atomic E-state index is 12.2. The molecule has 4 aliphatic heterocycles. The molecule has 10 nitrogen and oxygen atoms in total. The molecule has 4 aliphatic rings. The summed E-state index contributed by atoms with van der Waals surface area (Å²) in [4.78, 5) is 28.8. The van der Waals surface area contributed by atoms with Crippen molar-refractivity contribution < 1.29 is 14.3 Å². The molecule has 0 bridgehead atoms. The number of ether oxygens (including phenoxy) is 2. The summed E-state index contributed by atoms with van der Waals surface area (Å²) in [6, 6.07) is 3.99. The first-order chi connectivity index (χ1) is 16.9. The standard InChI is InChI=1S/C23H28BrN7O3S/c1-13(2)27-23(32)30-6-3-14(4-7-30)5-8-31-11-26-20(25)19-21(31)29-22(28-19)35-18-10-17-16(9-15(18)24)33-12-34-17/h9-11,13-14H,3-8,12,25H2,1-2H3,(H,27,32). The predicted octanol–water partition coefficient (Wildman–Crippen LogP) is 4.22. The fourth-order valence-corrected chi connectivity index (χ4v) is 5.66. The molecule has 0 aliphatic carbocycles. The number of rotatable bonds is 6. The van der Waals surface area contributed by atoms with E-state index in [1.54, 1.807) is 6.33 Å². The van der Waals surface area contributed by atoms with Gasteiger partial charge in [0.05, 0.1) is 6.33 Å². The molecule has 0 atom stereocenters. The van der Waals surface area contributed by atoms with Crippen LogP contribution < -0.4 is 20.5 Å². The van der Waals surface area contributed by atoms with E-state index in [-0.39, 0.29) is 18.9 Å². The van der Waals surface area contributed by atoms with Gasteiger partial charge in [0, 0.05) is 35.0 Å². The van der Waals surface area contributed by atoms with Crippen molar-refractivity contribution in [3.8, 4) is 23.0 Å². The molecule has 4 heterocycles. The molecule has 0 unspecified atom stereocenters. The van der Waals surface area contributed by atoms with Crippen LogP contribution in [0.25, 0.3) is 11.5 Å². The van der Waals surface area contributed by atoms with E-state index in [1.165, 1.54) is 11.8 Å². The van der Waals surface area contributed by atoms with E-state index in [9.17, 15) is 4.79 Å². The van der Waals surface area contributed by atoms with Crippen molar-refractivity contribution in [1.82, 2.24) is 29.7 Å². The lowest BCUT2D eigenvalue weighted by atomic mass is 9.93. The zero-order chi connectivity index (χ0) is 24.5. The number of urea groups is 1. The number of nitrogens with one attached hydrogen (secondary N) is 1. The number of halogens is 1. The molecular weight excluding hydrogens is 534 g/mol. The summed E-state index contributed by atoms with van der Waals surface area (Å²) in [6.45, 7) is 6.51. The number of nitrogen functional groups attached to an aromatic ring is 1. The zero-order valence-corrected chi connectivity index (χ0v) is 22.1. The van der Waals surface area contributed by atoms with Gasteiger partial charge in [-0.2, -0.15) is 0 Å². The van der Waals surface area contributed by atoms with Gasteiger partial charge in [0.1, 0.15) is 0 Å². The molecule has 0 spiro atoms. The quantitative estimate of drug-likeness (QED) is 0.458. The minimum absolute atomic E-state index is 0.0310. The van der Waals surface area contributed by atoms with Gasteiger partial charge >= 0.3 is 6.03 Å². The molecule has 0 aromatic heterocycles. The predicted molar refractivity (Wildman–Crippen MR) is 136 cm³/mol. The number of anilines is 1. The Morgan fingerprint density at radius 3 is 2.74 bits per heavy atom. The molecule has 1 fully saturated rings. The molecule has 35 heavy (non-hydrogen) atoms. The number of amides is 2. The van der Waals surface area contributed by atoms with E-state index in [0.29, 0.717) is 34.1 Å². The number of hydrogen-bond donors (Lipinski definition) is 2. The lowest BCUT2D eigenvalue weighted by Crippen LogP contribution is -2.46. The van der Waals surface area contributed by atoms with Gasteiger partial charge in [0.25, 0.3) is 0 Å². The third-order valence-corrected chi connectivity index (χ3v) is 8.03. The summed E-state index contributed by atoms with van der Waals surface area (Å²) in [7, 11) is 0. The maximum absolute atomic E-state index is 12.2. The molecule has 2 amide bonds.